The van der Waals surface area contributed by atoms with Gasteiger partial charge >= 0.3 is 5.97 Å². The number of hydrogen-bond donors (Lipinski definition) is 1. The summed E-state index contributed by atoms with van der Waals surface area (Å²) in [5.41, 5.74) is 0.426. The van der Waals surface area contributed by atoms with Gasteiger partial charge in [0, 0.05) is 12.4 Å². The maximum atomic E-state index is 11.9. The van der Waals surface area contributed by atoms with Gasteiger partial charge < -0.3 is 10.1 Å². The number of carbonyl (C=O) groups is 2. The summed E-state index contributed by atoms with van der Waals surface area (Å²) in [5.74, 6) is -0.738. The Morgan fingerprint density at radius 3 is 2.72 bits per heavy atom. The van der Waals surface area contributed by atoms with Crippen LogP contribution in [0.15, 0.2) is 24.5 Å². The molecule has 2 atom stereocenters. The molecule has 5 heteroatoms. The fourth-order valence-corrected chi connectivity index (χ4v) is 1.52. The lowest BCUT2D eigenvalue weighted by molar-refractivity contribution is -0.144. The molecule has 1 N–H and O–H groups in total. The summed E-state index contributed by atoms with van der Waals surface area (Å²) in [6.45, 7) is 3.85. The van der Waals surface area contributed by atoms with Crippen LogP contribution in [0.3, 0.4) is 0 Å². The first-order chi connectivity index (χ1) is 8.60. The van der Waals surface area contributed by atoms with Gasteiger partial charge in [0.2, 0.25) is 0 Å². The average molecular weight is 250 g/mol. The Balaban J connectivity index is 2.78. The average Bonchev–Trinajstić information content (AvgIpc) is 2.43. The number of carbonyl (C=O) groups excluding carboxylic acids is 2. The number of pyridine rings is 1. The SMILES string of the molecule is CC[C@H](C)[C@@H](NC(=O)c1cccnc1)C(=O)OC. The van der Waals surface area contributed by atoms with Crippen molar-refractivity contribution in [1.82, 2.24) is 10.3 Å². The van der Waals surface area contributed by atoms with E-state index in [0.29, 0.717) is 5.56 Å². The van der Waals surface area contributed by atoms with Gasteiger partial charge in [0.25, 0.3) is 5.91 Å². The molecule has 1 aromatic heterocycles. The van der Waals surface area contributed by atoms with Crippen LogP contribution in [-0.4, -0.2) is 30.0 Å². The summed E-state index contributed by atoms with van der Waals surface area (Å²) < 4.78 is 4.70. The van der Waals surface area contributed by atoms with Crippen LogP contribution >= 0.6 is 0 Å². The van der Waals surface area contributed by atoms with Crippen molar-refractivity contribution in [2.45, 2.75) is 26.3 Å². The van der Waals surface area contributed by atoms with Crippen LogP contribution in [0, 0.1) is 5.92 Å². The Bertz CT molecular complexity index is 406. The van der Waals surface area contributed by atoms with E-state index >= 15 is 0 Å². The molecule has 98 valence electrons. The lowest BCUT2D eigenvalue weighted by Gasteiger charge is -2.21. The predicted molar refractivity (Wildman–Crippen MR) is 67.0 cm³/mol. The number of amides is 1. The molecule has 0 radical (unpaired) electrons. The zero-order valence-corrected chi connectivity index (χ0v) is 10.8. The van der Waals surface area contributed by atoms with E-state index in [2.05, 4.69) is 10.3 Å². The molecular weight excluding hydrogens is 232 g/mol. The second-order valence-corrected chi connectivity index (χ2v) is 4.10. The van der Waals surface area contributed by atoms with Crippen molar-refractivity contribution in [3.63, 3.8) is 0 Å². The number of rotatable bonds is 5. The number of nitrogens with zero attached hydrogens (tertiary/aromatic N) is 1. The van der Waals surface area contributed by atoms with Crippen LogP contribution in [-0.2, 0) is 9.53 Å². The first-order valence-corrected chi connectivity index (χ1v) is 5.88. The summed E-state index contributed by atoms with van der Waals surface area (Å²) in [7, 11) is 1.31. The third-order valence-electron chi connectivity index (χ3n) is 2.88. The second kappa shape index (κ2) is 6.74. The van der Waals surface area contributed by atoms with E-state index in [0.717, 1.165) is 6.42 Å². The molecule has 0 bridgehead atoms. The van der Waals surface area contributed by atoms with E-state index in [1.54, 1.807) is 18.3 Å². The van der Waals surface area contributed by atoms with Crippen molar-refractivity contribution in [3.05, 3.63) is 30.1 Å². The smallest absolute Gasteiger partial charge is 0.328 e. The van der Waals surface area contributed by atoms with Crippen molar-refractivity contribution in [1.29, 1.82) is 0 Å². The first kappa shape index (κ1) is 14.2. The van der Waals surface area contributed by atoms with Crippen LogP contribution in [0.2, 0.25) is 0 Å². The van der Waals surface area contributed by atoms with Gasteiger partial charge in [-0.15, -0.1) is 0 Å². The van der Waals surface area contributed by atoms with Gasteiger partial charge in [-0.3, -0.25) is 9.78 Å². The molecule has 0 saturated heterocycles. The molecule has 1 aromatic rings. The van der Waals surface area contributed by atoms with Crippen molar-refractivity contribution in [3.8, 4) is 0 Å². The quantitative estimate of drug-likeness (QED) is 0.802. The van der Waals surface area contributed by atoms with E-state index in [1.807, 2.05) is 13.8 Å². The summed E-state index contributed by atoms with van der Waals surface area (Å²) in [6.07, 6.45) is 3.82. The maximum Gasteiger partial charge on any atom is 0.328 e. The molecule has 1 amide bonds. The van der Waals surface area contributed by atoms with Gasteiger partial charge in [-0.05, 0) is 18.1 Å². The summed E-state index contributed by atoms with van der Waals surface area (Å²) >= 11 is 0. The lowest BCUT2D eigenvalue weighted by Crippen LogP contribution is -2.45. The zero-order valence-electron chi connectivity index (χ0n) is 10.8. The third-order valence-corrected chi connectivity index (χ3v) is 2.88. The summed E-state index contributed by atoms with van der Waals surface area (Å²) in [5, 5.41) is 2.68. The van der Waals surface area contributed by atoms with E-state index in [4.69, 9.17) is 4.74 Å². The summed E-state index contributed by atoms with van der Waals surface area (Å²) in [4.78, 5) is 27.4. The minimum atomic E-state index is -0.632. The highest BCUT2D eigenvalue weighted by Crippen LogP contribution is 2.10. The highest BCUT2D eigenvalue weighted by atomic mass is 16.5. The number of esters is 1. The van der Waals surface area contributed by atoms with Crippen LogP contribution < -0.4 is 5.32 Å². The Morgan fingerprint density at radius 1 is 1.50 bits per heavy atom. The molecule has 0 spiro atoms. The van der Waals surface area contributed by atoms with Crippen LogP contribution in [0.1, 0.15) is 30.6 Å². The number of aromatic nitrogens is 1. The van der Waals surface area contributed by atoms with E-state index in [9.17, 15) is 9.59 Å². The van der Waals surface area contributed by atoms with Crippen LogP contribution in [0.5, 0.6) is 0 Å². The molecule has 1 rings (SSSR count). The molecule has 1 heterocycles. The predicted octanol–water partition coefficient (Wildman–Crippen LogP) is 1.40. The van der Waals surface area contributed by atoms with Crippen molar-refractivity contribution in [2.75, 3.05) is 7.11 Å². The van der Waals surface area contributed by atoms with Gasteiger partial charge in [0.05, 0.1) is 12.7 Å². The highest BCUT2D eigenvalue weighted by molar-refractivity contribution is 5.96. The third kappa shape index (κ3) is 3.55. The Kier molecular flexibility index (Phi) is 5.30. The molecule has 5 nitrogen and oxygen atoms in total. The fraction of sp³-hybridized carbons (Fsp3) is 0.462. The zero-order chi connectivity index (χ0) is 13.5. The minimum Gasteiger partial charge on any atom is -0.467 e. The van der Waals surface area contributed by atoms with Gasteiger partial charge in [-0.25, -0.2) is 4.79 Å². The normalized spacial score (nSPS) is 13.5. The number of nitrogens with one attached hydrogen (secondary N) is 1. The molecule has 18 heavy (non-hydrogen) atoms. The van der Waals surface area contributed by atoms with Crippen molar-refractivity contribution >= 4 is 11.9 Å². The van der Waals surface area contributed by atoms with E-state index in [-0.39, 0.29) is 11.8 Å². The topological polar surface area (TPSA) is 68.3 Å². The Morgan fingerprint density at radius 2 is 2.22 bits per heavy atom. The standard InChI is InChI=1S/C13H18N2O3/c1-4-9(2)11(13(17)18-3)15-12(16)10-6-5-7-14-8-10/h5-9,11H,4H2,1-3H3,(H,15,16)/t9-,11+/m0/s1. The molecule has 0 aliphatic rings. The summed E-state index contributed by atoms with van der Waals surface area (Å²) in [6, 6.07) is 2.69. The molecule has 0 aliphatic carbocycles. The first-order valence-electron chi connectivity index (χ1n) is 5.88. The van der Waals surface area contributed by atoms with Crippen LogP contribution in [0.25, 0.3) is 0 Å². The number of ether oxygens (including phenoxy) is 1. The van der Waals surface area contributed by atoms with Gasteiger partial charge in [-0.1, -0.05) is 20.3 Å². The van der Waals surface area contributed by atoms with E-state index < -0.39 is 12.0 Å². The molecule has 0 saturated carbocycles. The van der Waals surface area contributed by atoms with Gasteiger partial charge in [0.1, 0.15) is 6.04 Å². The van der Waals surface area contributed by atoms with Gasteiger partial charge in [-0.2, -0.15) is 0 Å². The minimum absolute atomic E-state index is 0.0121. The molecule has 0 fully saturated rings. The number of hydrogen-bond acceptors (Lipinski definition) is 4. The second-order valence-electron chi connectivity index (χ2n) is 4.10. The highest BCUT2D eigenvalue weighted by Gasteiger charge is 2.26. The molecule has 0 aliphatic heterocycles. The molecule has 0 aromatic carbocycles. The monoisotopic (exact) mass is 250 g/mol. The van der Waals surface area contributed by atoms with Crippen LogP contribution in [0.4, 0.5) is 0 Å². The fourth-order valence-electron chi connectivity index (χ4n) is 1.52. The van der Waals surface area contributed by atoms with E-state index in [1.165, 1.54) is 13.3 Å². The molecule has 0 unspecified atom stereocenters. The van der Waals surface area contributed by atoms with Gasteiger partial charge in [0.15, 0.2) is 0 Å². The number of methoxy groups -OCH3 is 1. The largest absolute Gasteiger partial charge is 0.467 e. The van der Waals surface area contributed by atoms with Crippen molar-refractivity contribution < 1.29 is 14.3 Å². The lowest BCUT2D eigenvalue weighted by atomic mass is 9.99. The maximum absolute atomic E-state index is 11.9. The van der Waals surface area contributed by atoms with Crippen molar-refractivity contribution in [2.24, 2.45) is 5.92 Å². The molecular formula is C13H18N2O3. The Labute approximate surface area is 107 Å². The Hall–Kier alpha value is -1.91.